The number of alkyl halides is 1. The van der Waals surface area contributed by atoms with Crippen molar-refractivity contribution in [3.63, 3.8) is 0 Å². The predicted octanol–water partition coefficient (Wildman–Crippen LogP) is 1.74. The van der Waals surface area contributed by atoms with Crippen LogP contribution in [0, 0.1) is 12.3 Å². The molecule has 0 atom stereocenters. The van der Waals surface area contributed by atoms with Crippen molar-refractivity contribution in [2.24, 2.45) is 0 Å². The zero-order chi connectivity index (χ0) is 9.26. The first-order chi connectivity index (χ1) is 6.36. The van der Waals surface area contributed by atoms with Crippen LogP contribution in [0.3, 0.4) is 0 Å². The van der Waals surface area contributed by atoms with Gasteiger partial charge in [0, 0.05) is 0 Å². The Kier molecular flexibility index (Phi) is 2.28. The molecular weight excluding hydrogens is 184 g/mol. The molecule has 0 radical (unpaired) electrons. The van der Waals surface area contributed by atoms with Crippen LogP contribution in [0.2, 0.25) is 0 Å². The topological polar surface area (TPSA) is 17.8 Å². The number of aromatic nitrogens is 2. The third kappa shape index (κ3) is 1.34. The highest BCUT2D eigenvalue weighted by Crippen LogP contribution is 2.25. The highest BCUT2D eigenvalue weighted by Gasteiger charge is 2.20. The van der Waals surface area contributed by atoms with Crippen molar-refractivity contribution in [3.05, 3.63) is 17.0 Å². The first-order valence-corrected chi connectivity index (χ1v) is 4.97. The standard InChI is InChI=1S/C10H11ClN2/c1-2-6-13-10(7-11)8-4-3-5-9(8)12-13/h1H,3-7H2. The summed E-state index contributed by atoms with van der Waals surface area (Å²) >= 11 is 5.86. The number of terminal acetylenes is 1. The van der Waals surface area contributed by atoms with E-state index in [2.05, 4.69) is 11.0 Å². The molecule has 0 amide bonds. The molecule has 13 heavy (non-hydrogen) atoms. The predicted molar refractivity (Wildman–Crippen MR) is 52.6 cm³/mol. The van der Waals surface area contributed by atoms with Crippen molar-refractivity contribution in [1.82, 2.24) is 9.78 Å². The maximum atomic E-state index is 5.86. The largest absolute Gasteiger partial charge is 0.256 e. The van der Waals surface area contributed by atoms with E-state index in [1.807, 2.05) is 4.68 Å². The molecule has 1 aliphatic rings. The molecule has 0 aromatic carbocycles. The molecule has 68 valence electrons. The van der Waals surface area contributed by atoms with Crippen LogP contribution in [0.25, 0.3) is 0 Å². The Morgan fingerprint density at radius 1 is 1.54 bits per heavy atom. The molecule has 0 unspecified atom stereocenters. The summed E-state index contributed by atoms with van der Waals surface area (Å²) < 4.78 is 1.86. The molecular formula is C10H11ClN2. The van der Waals surface area contributed by atoms with Crippen LogP contribution in [0.1, 0.15) is 23.4 Å². The maximum absolute atomic E-state index is 5.86. The van der Waals surface area contributed by atoms with Gasteiger partial charge in [-0.3, -0.25) is 4.68 Å². The van der Waals surface area contributed by atoms with Gasteiger partial charge in [-0.05, 0) is 24.8 Å². The number of rotatable bonds is 2. The van der Waals surface area contributed by atoms with Crippen molar-refractivity contribution in [2.45, 2.75) is 31.7 Å². The molecule has 0 N–H and O–H groups in total. The Labute approximate surface area is 82.9 Å². The summed E-state index contributed by atoms with van der Waals surface area (Å²) in [5, 5.41) is 4.44. The quantitative estimate of drug-likeness (QED) is 0.518. The van der Waals surface area contributed by atoms with Gasteiger partial charge in [0.05, 0.1) is 17.3 Å². The molecule has 3 heteroatoms. The third-order valence-electron chi connectivity index (χ3n) is 2.46. The molecule has 1 heterocycles. The zero-order valence-electron chi connectivity index (χ0n) is 7.39. The summed E-state index contributed by atoms with van der Waals surface area (Å²) in [5.41, 5.74) is 3.66. The lowest BCUT2D eigenvalue weighted by Crippen LogP contribution is -2.04. The van der Waals surface area contributed by atoms with E-state index in [9.17, 15) is 0 Å². The molecule has 0 spiro atoms. The van der Waals surface area contributed by atoms with Crippen LogP contribution < -0.4 is 0 Å². The van der Waals surface area contributed by atoms with Crippen molar-refractivity contribution < 1.29 is 0 Å². The molecule has 0 saturated heterocycles. The van der Waals surface area contributed by atoms with Gasteiger partial charge in [0.25, 0.3) is 0 Å². The minimum Gasteiger partial charge on any atom is -0.256 e. The number of fused-ring (bicyclic) bond motifs is 1. The summed E-state index contributed by atoms with van der Waals surface area (Å²) in [7, 11) is 0. The average molecular weight is 195 g/mol. The van der Waals surface area contributed by atoms with E-state index in [1.165, 1.54) is 17.7 Å². The smallest absolute Gasteiger partial charge is 0.102 e. The van der Waals surface area contributed by atoms with Gasteiger partial charge in [0.15, 0.2) is 0 Å². The lowest BCUT2D eigenvalue weighted by atomic mass is 10.2. The van der Waals surface area contributed by atoms with E-state index in [-0.39, 0.29) is 0 Å². The van der Waals surface area contributed by atoms with Gasteiger partial charge in [0.1, 0.15) is 6.54 Å². The van der Waals surface area contributed by atoms with E-state index in [1.54, 1.807) is 0 Å². The lowest BCUT2D eigenvalue weighted by Gasteiger charge is -2.01. The summed E-state index contributed by atoms with van der Waals surface area (Å²) in [5.74, 6) is 3.11. The Bertz CT molecular complexity index is 360. The third-order valence-corrected chi connectivity index (χ3v) is 2.71. The van der Waals surface area contributed by atoms with Gasteiger partial charge in [0.2, 0.25) is 0 Å². The second kappa shape index (κ2) is 3.43. The fourth-order valence-corrected chi connectivity index (χ4v) is 2.18. The second-order valence-corrected chi connectivity index (χ2v) is 3.49. The van der Waals surface area contributed by atoms with Crippen LogP contribution in [-0.2, 0) is 25.3 Å². The van der Waals surface area contributed by atoms with Gasteiger partial charge in [-0.15, -0.1) is 18.0 Å². The molecule has 0 saturated carbocycles. The Morgan fingerprint density at radius 2 is 2.38 bits per heavy atom. The normalized spacial score (nSPS) is 14.2. The zero-order valence-corrected chi connectivity index (χ0v) is 8.14. The van der Waals surface area contributed by atoms with Crippen molar-refractivity contribution >= 4 is 11.6 Å². The Hall–Kier alpha value is -0.940. The van der Waals surface area contributed by atoms with Gasteiger partial charge in [-0.1, -0.05) is 5.92 Å². The minimum absolute atomic E-state index is 0.518. The highest BCUT2D eigenvalue weighted by molar-refractivity contribution is 6.17. The van der Waals surface area contributed by atoms with Crippen LogP contribution in [-0.4, -0.2) is 9.78 Å². The minimum atomic E-state index is 0.518. The van der Waals surface area contributed by atoms with Gasteiger partial charge in [-0.25, -0.2) is 0 Å². The first kappa shape index (κ1) is 8.65. The monoisotopic (exact) mass is 194 g/mol. The Balaban J connectivity index is 2.42. The maximum Gasteiger partial charge on any atom is 0.102 e. The summed E-state index contributed by atoms with van der Waals surface area (Å²) in [4.78, 5) is 0. The molecule has 0 fully saturated rings. The van der Waals surface area contributed by atoms with E-state index in [0.717, 1.165) is 18.5 Å². The number of hydrogen-bond acceptors (Lipinski definition) is 1. The van der Waals surface area contributed by atoms with Crippen molar-refractivity contribution in [2.75, 3.05) is 0 Å². The van der Waals surface area contributed by atoms with Crippen molar-refractivity contribution in [3.8, 4) is 12.3 Å². The summed E-state index contributed by atoms with van der Waals surface area (Å²) in [6, 6.07) is 0. The Morgan fingerprint density at radius 3 is 3.08 bits per heavy atom. The van der Waals surface area contributed by atoms with Crippen LogP contribution in [0.5, 0.6) is 0 Å². The van der Waals surface area contributed by atoms with E-state index >= 15 is 0 Å². The van der Waals surface area contributed by atoms with Gasteiger partial charge >= 0.3 is 0 Å². The number of aryl methyl sites for hydroxylation is 1. The second-order valence-electron chi connectivity index (χ2n) is 3.22. The highest BCUT2D eigenvalue weighted by atomic mass is 35.5. The van der Waals surface area contributed by atoms with Gasteiger partial charge in [-0.2, -0.15) is 5.10 Å². The van der Waals surface area contributed by atoms with E-state index in [4.69, 9.17) is 18.0 Å². The summed E-state index contributed by atoms with van der Waals surface area (Å²) in [6.45, 7) is 0.537. The molecule has 0 aliphatic heterocycles. The number of halogens is 1. The van der Waals surface area contributed by atoms with Crippen molar-refractivity contribution in [1.29, 1.82) is 0 Å². The van der Waals surface area contributed by atoms with Crippen LogP contribution in [0.15, 0.2) is 0 Å². The molecule has 1 aliphatic carbocycles. The SMILES string of the molecule is C#CCn1nc2c(c1CCl)CCC2. The van der Waals surface area contributed by atoms with Crippen LogP contribution >= 0.6 is 11.6 Å². The lowest BCUT2D eigenvalue weighted by molar-refractivity contribution is 0.661. The number of nitrogens with zero attached hydrogens (tertiary/aromatic N) is 2. The van der Waals surface area contributed by atoms with Gasteiger partial charge < -0.3 is 0 Å². The first-order valence-electron chi connectivity index (χ1n) is 4.43. The fourth-order valence-electron chi connectivity index (χ4n) is 1.88. The van der Waals surface area contributed by atoms with E-state index in [0.29, 0.717) is 12.4 Å². The molecule has 2 nitrogen and oxygen atoms in total. The molecule has 1 aromatic heterocycles. The van der Waals surface area contributed by atoms with Crippen LogP contribution in [0.4, 0.5) is 0 Å². The number of hydrogen-bond donors (Lipinski definition) is 0. The summed E-state index contributed by atoms with van der Waals surface area (Å²) in [6.07, 6.45) is 8.65. The fraction of sp³-hybridized carbons (Fsp3) is 0.500. The molecule has 2 rings (SSSR count). The molecule has 0 bridgehead atoms. The average Bonchev–Trinajstić information content (AvgIpc) is 2.64. The van der Waals surface area contributed by atoms with E-state index < -0.39 is 0 Å². The molecule has 1 aromatic rings.